The molecule has 6 heteroatoms. The Morgan fingerprint density at radius 2 is 2.11 bits per heavy atom. The molecule has 150 valence electrons. The number of carbonyl (C=O) groups is 2. The van der Waals surface area contributed by atoms with E-state index in [0.29, 0.717) is 50.3 Å². The van der Waals surface area contributed by atoms with Crippen LogP contribution in [0.3, 0.4) is 0 Å². The van der Waals surface area contributed by atoms with Gasteiger partial charge in [0.25, 0.3) is 5.91 Å². The first-order chi connectivity index (χ1) is 13.4. The molecule has 2 saturated carbocycles. The van der Waals surface area contributed by atoms with E-state index in [1.807, 2.05) is 6.07 Å². The molecule has 0 spiro atoms. The number of nitrogens with one attached hydrogen (secondary N) is 2. The van der Waals surface area contributed by atoms with Crippen molar-refractivity contribution in [2.75, 3.05) is 13.1 Å². The lowest BCUT2D eigenvalue weighted by Crippen LogP contribution is -2.72. The summed E-state index contributed by atoms with van der Waals surface area (Å²) in [5.74, 6) is 0.341. The number of hydrogen-bond acceptors (Lipinski definition) is 5. The van der Waals surface area contributed by atoms with Crippen LogP contribution in [-0.4, -0.2) is 46.6 Å². The number of piperidine rings is 1. The molecule has 3 unspecified atom stereocenters. The summed E-state index contributed by atoms with van der Waals surface area (Å²) < 4.78 is 0. The first-order valence-electron chi connectivity index (χ1n) is 10.6. The number of aliphatic hydroxyl groups is 1. The van der Waals surface area contributed by atoms with Crippen LogP contribution < -0.4 is 10.6 Å². The Morgan fingerprint density at radius 1 is 1.29 bits per heavy atom. The number of phenols is 1. The molecule has 1 aromatic carbocycles. The Kier molecular flexibility index (Phi) is 4.07. The van der Waals surface area contributed by atoms with Gasteiger partial charge in [-0.15, -0.1) is 0 Å². The Labute approximate surface area is 164 Å². The van der Waals surface area contributed by atoms with E-state index < -0.39 is 11.0 Å². The molecule has 6 nitrogen and oxygen atoms in total. The van der Waals surface area contributed by atoms with Gasteiger partial charge in [-0.1, -0.05) is 12.5 Å². The number of hydrogen-bond donors (Lipinski definition) is 4. The van der Waals surface area contributed by atoms with Gasteiger partial charge in [0.1, 0.15) is 11.5 Å². The molecule has 1 aromatic rings. The zero-order chi connectivity index (χ0) is 19.5. The van der Waals surface area contributed by atoms with E-state index in [9.17, 15) is 19.8 Å². The van der Waals surface area contributed by atoms with Crippen molar-refractivity contribution < 1.29 is 19.8 Å². The van der Waals surface area contributed by atoms with E-state index in [4.69, 9.17) is 0 Å². The monoisotopic (exact) mass is 384 g/mol. The number of ketones is 1. The predicted molar refractivity (Wildman–Crippen MR) is 103 cm³/mol. The topological polar surface area (TPSA) is 98.7 Å². The Morgan fingerprint density at radius 3 is 2.86 bits per heavy atom. The summed E-state index contributed by atoms with van der Waals surface area (Å²) in [4.78, 5) is 25.2. The molecular weight excluding hydrogens is 356 g/mol. The lowest BCUT2D eigenvalue weighted by molar-refractivity contribution is -0.149. The first-order valence-corrected chi connectivity index (χ1v) is 10.6. The fraction of sp³-hybridized carbons (Fsp3) is 0.636. The van der Waals surface area contributed by atoms with Gasteiger partial charge in [-0.25, -0.2) is 0 Å². The molecular formula is C22H28N2O4. The standard InChI is InChI=1S/C22H28N2O4/c25-15-6-7-22(28)17-10-14-4-5-16(20(27)24-12-13-2-1-3-13)19(26)18(14)21(22,11-15)8-9-23-17/h4-5,13,17,23,26,28H,1-3,6-12H2,(H,24,27). The molecule has 1 amide bonds. The number of fused-ring (bicyclic) bond motifs is 1. The second-order valence-electron chi connectivity index (χ2n) is 9.19. The lowest BCUT2D eigenvalue weighted by atomic mass is 9.49. The zero-order valence-electron chi connectivity index (χ0n) is 16.1. The van der Waals surface area contributed by atoms with Gasteiger partial charge in [-0.05, 0) is 56.2 Å². The fourth-order valence-electron chi connectivity index (χ4n) is 6.03. The van der Waals surface area contributed by atoms with Crippen molar-refractivity contribution in [3.05, 3.63) is 28.8 Å². The average molecular weight is 384 g/mol. The quantitative estimate of drug-likeness (QED) is 0.634. The van der Waals surface area contributed by atoms with Crippen LogP contribution in [0.15, 0.2) is 12.1 Å². The zero-order valence-corrected chi connectivity index (χ0v) is 16.1. The normalized spacial score (nSPS) is 34.2. The molecule has 1 saturated heterocycles. The van der Waals surface area contributed by atoms with Crippen LogP contribution in [0.2, 0.25) is 0 Å². The third kappa shape index (κ3) is 2.40. The van der Waals surface area contributed by atoms with Crippen LogP contribution in [0.25, 0.3) is 0 Å². The number of carbonyl (C=O) groups excluding carboxylic acids is 2. The fourth-order valence-corrected chi connectivity index (χ4v) is 6.03. The smallest absolute Gasteiger partial charge is 0.255 e. The van der Waals surface area contributed by atoms with Gasteiger partial charge in [0.2, 0.25) is 0 Å². The van der Waals surface area contributed by atoms with E-state index in [2.05, 4.69) is 10.6 Å². The largest absolute Gasteiger partial charge is 0.507 e. The van der Waals surface area contributed by atoms with Gasteiger partial charge in [0.15, 0.2) is 0 Å². The molecule has 1 heterocycles. The first kappa shape index (κ1) is 18.1. The minimum atomic E-state index is -1.06. The van der Waals surface area contributed by atoms with Crippen molar-refractivity contribution in [1.29, 1.82) is 0 Å². The number of Topliss-reactive ketones (excluding diaryl/α,β-unsaturated/α-hetero) is 1. The highest BCUT2D eigenvalue weighted by molar-refractivity contribution is 5.98. The average Bonchev–Trinajstić information content (AvgIpc) is 2.60. The van der Waals surface area contributed by atoms with Crippen molar-refractivity contribution in [2.45, 2.75) is 68.4 Å². The number of phenolic OH excluding ortho intramolecular Hbond substituents is 1. The van der Waals surface area contributed by atoms with Gasteiger partial charge < -0.3 is 20.8 Å². The molecule has 3 fully saturated rings. The van der Waals surface area contributed by atoms with Crippen molar-refractivity contribution in [3.8, 4) is 5.75 Å². The van der Waals surface area contributed by atoms with E-state index in [0.717, 1.165) is 18.4 Å². The summed E-state index contributed by atoms with van der Waals surface area (Å²) in [6.45, 7) is 1.33. The highest BCUT2D eigenvalue weighted by Gasteiger charge is 2.63. The van der Waals surface area contributed by atoms with Gasteiger partial charge in [-0.2, -0.15) is 0 Å². The molecule has 3 aliphatic carbocycles. The number of rotatable bonds is 3. The highest BCUT2D eigenvalue weighted by Crippen LogP contribution is 2.58. The van der Waals surface area contributed by atoms with Crippen LogP contribution in [0.1, 0.15) is 66.4 Å². The molecule has 0 radical (unpaired) electrons. The van der Waals surface area contributed by atoms with Crippen LogP contribution in [0.5, 0.6) is 5.75 Å². The number of amides is 1. The Bertz CT molecular complexity index is 849. The SMILES string of the molecule is O=C1CCC2(O)C3Cc4ccc(C(=O)NCC5CCC5)c(O)c4C2(CCN3)C1. The van der Waals surface area contributed by atoms with Crippen LogP contribution in [-0.2, 0) is 16.6 Å². The summed E-state index contributed by atoms with van der Waals surface area (Å²) >= 11 is 0. The number of benzene rings is 1. The molecule has 2 bridgehead atoms. The third-order valence-corrected chi connectivity index (χ3v) is 7.82. The van der Waals surface area contributed by atoms with Crippen molar-refractivity contribution in [3.63, 3.8) is 0 Å². The van der Waals surface area contributed by atoms with Crippen LogP contribution in [0, 0.1) is 5.92 Å². The maximum Gasteiger partial charge on any atom is 0.255 e. The summed E-state index contributed by atoms with van der Waals surface area (Å²) in [6.07, 6.45) is 5.68. The van der Waals surface area contributed by atoms with Crippen molar-refractivity contribution >= 4 is 11.7 Å². The van der Waals surface area contributed by atoms with Gasteiger partial charge in [0, 0.05) is 36.4 Å². The third-order valence-electron chi connectivity index (χ3n) is 7.82. The van der Waals surface area contributed by atoms with E-state index >= 15 is 0 Å². The second-order valence-corrected chi connectivity index (χ2v) is 9.19. The van der Waals surface area contributed by atoms with Gasteiger partial charge in [-0.3, -0.25) is 9.59 Å². The maximum absolute atomic E-state index is 12.8. The summed E-state index contributed by atoms with van der Waals surface area (Å²) in [6, 6.07) is 3.46. The lowest BCUT2D eigenvalue weighted by Gasteiger charge is -2.60. The second kappa shape index (κ2) is 6.29. The van der Waals surface area contributed by atoms with E-state index in [-0.39, 0.29) is 35.5 Å². The molecule has 28 heavy (non-hydrogen) atoms. The minimum Gasteiger partial charge on any atom is -0.507 e. The summed E-state index contributed by atoms with van der Waals surface area (Å²) in [5.41, 5.74) is -0.0447. The number of aromatic hydroxyl groups is 1. The van der Waals surface area contributed by atoms with Gasteiger partial charge >= 0.3 is 0 Å². The Hall–Kier alpha value is -1.92. The maximum atomic E-state index is 12.8. The predicted octanol–water partition coefficient (Wildman–Crippen LogP) is 1.56. The Balaban J connectivity index is 1.56. The van der Waals surface area contributed by atoms with Crippen LogP contribution in [0.4, 0.5) is 0 Å². The minimum absolute atomic E-state index is 0.0444. The molecule has 1 aliphatic heterocycles. The molecule has 3 atom stereocenters. The van der Waals surface area contributed by atoms with Gasteiger partial charge in [0.05, 0.1) is 11.2 Å². The van der Waals surface area contributed by atoms with Crippen LogP contribution >= 0.6 is 0 Å². The summed E-state index contributed by atoms with van der Waals surface area (Å²) in [7, 11) is 0. The van der Waals surface area contributed by atoms with Crippen molar-refractivity contribution in [2.24, 2.45) is 5.92 Å². The molecule has 0 aromatic heterocycles. The van der Waals surface area contributed by atoms with Crippen molar-refractivity contribution in [1.82, 2.24) is 10.6 Å². The van der Waals surface area contributed by atoms with E-state index in [1.54, 1.807) is 6.07 Å². The molecule has 5 rings (SSSR count). The molecule has 4 N–H and O–H groups in total. The summed E-state index contributed by atoms with van der Waals surface area (Å²) in [5, 5.41) is 29.2. The molecule has 4 aliphatic rings. The highest BCUT2D eigenvalue weighted by atomic mass is 16.3. The van der Waals surface area contributed by atoms with E-state index in [1.165, 1.54) is 6.42 Å².